The number of aromatic amines is 1. The predicted molar refractivity (Wildman–Crippen MR) is 125 cm³/mol. The Hall–Kier alpha value is -4.62. The Labute approximate surface area is 209 Å². The van der Waals surface area contributed by atoms with Gasteiger partial charge in [-0.15, -0.1) is 0 Å². The number of carboxylic acid groups (broad SMARTS) is 1. The van der Waals surface area contributed by atoms with Gasteiger partial charge in [-0.2, -0.15) is 26.3 Å². The number of carboxylic acids is 1. The Balaban J connectivity index is 0.000000505. The van der Waals surface area contributed by atoms with Crippen LogP contribution in [-0.4, -0.2) is 43.9 Å². The second-order valence-electron chi connectivity index (χ2n) is 7.67. The summed E-state index contributed by atoms with van der Waals surface area (Å²) in [4.78, 5) is 32.1. The first-order valence-corrected chi connectivity index (χ1v) is 10.5. The van der Waals surface area contributed by atoms with E-state index in [1.165, 1.54) is 6.08 Å². The monoisotopic (exact) mass is 540 g/mol. The zero-order valence-corrected chi connectivity index (χ0v) is 19.6. The number of alkyl halides is 6. The molecule has 38 heavy (non-hydrogen) atoms. The molecule has 0 amide bonds. The van der Waals surface area contributed by atoms with Gasteiger partial charge in [-0.1, -0.05) is 12.1 Å². The first kappa shape index (κ1) is 28.0. The Morgan fingerprint density at radius 2 is 1.76 bits per heavy atom. The van der Waals surface area contributed by atoms with Crippen LogP contribution < -0.4 is 10.3 Å². The number of rotatable bonds is 4. The fourth-order valence-corrected chi connectivity index (χ4v) is 3.15. The number of aryl methyl sites for hydroxylation is 1. The van der Waals surface area contributed by atoms with Crippen molar-refractivity contribution in [1.82, 2.24) is 19.5 Å². The van der Waals surface area contributed by atoms with Crippen molar-refractivity contribution in [2.24, 2.45) is 0 Å². The van der Waals surface area contributed by atoms with Crippen molar-refractivity contribution < 1.29 is 41.0 Å². The van der Waals surface area contributed by atoms with Crippen molar-refractivity contribution >= 4 is 29.0 Å². The van der Waals surface area contributed by atoms with Gasteiger partial charge in [0.1, 0.15) is 11.6 Å². The zero-order chi connectivity index (χ0) is 28.3. The quantitative estimate of drug-likeness (QED) is 0.343. The molecule has 0 aliphatic carbocycles. The summed E-state index contributed by atoms with van der Waals surface area (Å²) in [6.45, 7) is 1.88. The summed E-state index contributed by atoms with van der Waals surface area (Å²) < 4.78 is 77.9. The third-order valence-electron chi connectivity index (χ3n) is 4.92. The Morgan fingerprint density at radius 3 is 2.32 bits per heavy atom. The van der Waals surface area contributed by atoms with Gasteiger partial charge in [0.2, 0.25) is 0 Å². The molecule has 2 aromatic heterocycles. The molecular weight excluding hydrogens is 522 g/mol. The first-order chi connectivity index (χ1) is 17.7. The molecule has 0 saturated carbocycles. The molecule has 2 aromatic carbocycles. The van der Waals surface area contributed by atoms with Crippen LogP contribution in [-0.2, 0) is 11.0 Å². The molecule has 2 heterocycles. The minimum absolute atomic E-state index is 0.0263. The lowest BCUT2D eigenvalue weighted by Gasteiger charge is -2.10. The number of fused-ring (bicyclic) bond motifs is 1. The molecule has 0 saturated heterocycles. The van der Waals surface area contributed by atoms with E-state index < -0.39 is 29.4 Å². The number of hydrogen-bond acceptors (Lipinski definition) is 5. The van der Waals surface area contributed by atoms with E-state index in [0.717, 1.165) is 35.1 Å². The smallest absolute Gasteiger partial charge is 0.490 e. The Bertz CT molecular complexity index is 1550. The van der Waals surface area contributed by atoms with Crippen molar-refractivity contribution in [1.29, 1.82) is 0 Å². The topological polar surface area (TPSA) is 110 Å². The Kier molecular flexibility index (Phi) is 7.93. The van der Waals surface area contributed by atoms with E-state index >= 15 is 0 Å². The highest BCUT2D eigenvalue weighted by Crippen LogP contribution is 2.30. The SMILES string of the molecule is COc1cc(C=Cc2nc3cc(C(F)(F)F)ccc3c(=O)[nH]2)ccc1-n1cnc(C)c1.O=C(O)C(F)(F)F. The third kappa shape index (κ3) is 6.78. The summed E-state index contributed by atoms with van der Waals surface area (Å²) in [5.74, 6) is -2.01. The zero-order valence-electron chi connectivity index (χ0n) is 19.6. The van der Waals surface area contributed by atoms with Gasteiger partial charge in [0, 0.05) is 6.20 Å². The number of halogens is 6. The highest BCUT2D eigenvalue weighted by molar-refractivity contribution is 5.80. The number of H-pyrrole nitrogens is 1. The second kappa shape index (κ2) is 10.8. The highest BCUT2D eigenvalue weighted by Gasteiger charge is 2.38. The van der Waals surface area contributed by atoms with Gasteiger partial charge in [0.25, 0.3) is 5.56 Å². The number of carbonyl (C=O) groups is 1. The predicted octanol–water partition coefficient (Wildman–Crippen LogP) is 5.25. The van der Waals surface area contributed by atoms with Crippen LogP contribution in [0.2, 0.25) is 0 Å². The summed E-state index contributed by atoms with van der Waals surface area (Å²) in [6.07, 6.45) is -2.84. The van der Waals surface area contributed by atoms with Gasteiger partial charge >= 0.3 is 18.3 Å². The molecule has 2 N–H and O–H groups in total. The van der Waals surface area contributed by atoms with Crippen LogP contribution in [0, 0.1) is 6.92 Å². The summed E-state index contributed by atoms with van der Waals surface area (Å²) in [6, 6.07) is 8.34. The van der Waals surface area contributed by atoms with Crippen LogP contribution in [0.4, 0.5) is 26.3 Å². The maximum atomic E-state index is 13.0. The van der Waals surface area contributed by atoms with Gasteiger partial charge in [0.15, 0.2) is 0 Å². The second-order valence-corrected chi connectivity index (χ2v) is 7.67. The number of aromatic nitrogens is 4. The van der Waals surface area contributed by atoms with Crippen LogP contribution in [0.5, 0.6) is 5.75 Å². The molecule has 0 spiro atoms. The van der Waals surface area contributed by atoms with Gasteiger partial charge in [0.05, 0.1) is 41.3 Å². The molecule has 0 bridgehead atoms. The number of benzene rings is 2. The molecule has 4 rings (SSSR count). The van der Waals surface area contributed by atoms with Crippen molar-refractivity contribution in [3.63, 3.8) is 0 Å². The number of nitrogens with one attached hydrogen (secondary N) is 1. The van der Waals surface area contributed by atoms with E-state index in [1.807, 2.05) is 29.8 Å². The highest BCUT2D eigenvalue weighted by atomic mass is 19.4. The molecule has 200 valence electrons. The van der Waals surface area contributed by atoms with E-state index in [0.29, 0.717) is 5.75 Å². The van der Waals surface area contributed by atoms with Gasteiger partial charge in [-0.05, 0) is 48.9 Å². The maximum Gasteiger partial charge on any atom is 0.490 e. The third-order valence-corrected chi connectivity index (χ3v) is 4.92. The number of nitrogens with zero attached hydrogens (tertiary/aromatic N) is 3. The molecule has 0 unspecified atom stereocenters. The average Bonchev–Trinajstić information content (AvgIpc) is 3.27. The van der Waals surface area contributed by atoms with Crippen molar-refractivity contribution in [3.8, 4) is 11.4 Å². The Morgan fingerprint density at radius 1 is 1.08 bits per heavy atom. The molecule has 0 fully saturated rings. The van der Waals surface area contributed by atoms with Crippen LogP contribution in [0.15, 0.2) is 53.7 Å². The van der Waals surface area contributed by atoms with E-state index in [-0.39, 0.29) is 16.7 Å². The normalized spacial score (nSPS) is 11.9. The molecule has 0 radical (unpaired) electrons. The molecule has 0 aliphatic rings. The first-order valence-electron chi connectivity index (χ1n) is 10.5. The van der Waals surface area contributed by atoms with Crippen molar-refractivity contribution in [2.75, 3.05) is 7.11 Å². The minimum Gasteiger partial charge on any atom is -0.495 e. The fourth-order valence-electron chi connectivity index (χ4n) is 3.15. The minimum atomic E-state index is -5.08. The standard InChI is InChI=1S/C22H17F3N4O2.C2HF3O2/c1-13-11-29(12-26-13)18-7-3-14(9-19(18)31-2)4-8-20-27-17-10-15(22(23,24)25)5-6-16(17)21(30)28-20;3-2(4,5)1(6)7/h3-12H,1-2H3,(H,27,28,30);(H,6,7). The van der Waals surface area contributed by atoms with Gasteiger partial charge in [-0.3, -0.25) is 4.79 Å². The lowest BCUT2D eigenvalue weighted by molar-refractivity contribution is -0.192. The number of hydrogen-bond donors (Lipinski definition) is 2. The largest absolute Gasteiger partial charge is 0.495 e. The summed E-state index contributed by atoms with van der Waals surface area (Å²) in [7, 11) is 1.55. The van der Waals surface area contributed by atoms with E-state index in [2.05, 4.69) is 15.0 Å². The molecule has 0 atom stereocenters. The molecule has 4 aromatic rings. The average molecular weight is 540 g/mol. The van der Waals surface area contributed by atoms with E-state index in [9.17, 15) is 31.1 Å². The van der Waals surface area contributed by atoms with E-state index in [1.54, 1.807) is 25.6 Å². The van der Waals surface area contributed by atoms with E-state index in [4.69, 9.17) is 14.6 Å². The fraction of sp³-hybridized carbons (Fsp3) is 0.167. The van der Waals surface area contributed by atoms with Crippen molar-refractivity contribution in [2.45, 2.75) is 19.3 Å². The molecule has 14 heteroatoms. The lowest BCUT2D eigenvalue weighted by Crippen LogP contribution is -2.21. The number of aliphatic carboxylic acids is 1. The van der Waals surface area contributed by atoms with Crippen molar-refractivity contribution in [3.05, 3.63) is 81.9 Å². The van der Waals surface area contributed by atoms with Gasteiger partial charge < -0.3 is 19.4 Å². The summed E-state index contributed by atoms with van der Waals surface area (Å²) in [5.41, 5.74) is 1.03. The number of imidazole rings is 1. The number of methoxy groups -OCH3 is 1. The molecule has 8 nitrogen and oxygen atoms in total. The molecular formula is C24H18F6N4O4. The summed E-state index contributed by atoms with van der Waals surface area (Å²) in [5, 5.41) is 7.21. The van der Waals surface area contributed by atoms with Crippen LogP contribution in [0.25, 0.3) is 28.7 Å². The van der Waals surface area contributed by atoms with Gasteiger partial charge in [-0.25, -0.2) is 14.8 Å². The lowest BCUT2D eigenvalue weighted by atomic mass is 10.1. The summed E-state index contributed by atoms with van der Waals surface area (Å²) >= 11 is 0. The maximum absolute atomic E-state index is 13.0. The van der Waals surface area contributed by atoms with Crippen LogP contribution >= 0.6 is 0 Å². The van der Waals surface area contributed by atoms with Crippen LogP contribution in [0.3, 0.4) is 0 Å². The number of ether oxygens (including phenoxy) is 1. The molecule has 0 aliphatic heterocycles. The van der Waals surface area contributed by atoms with Crippen LogP contribution in [0.1, 0.15) is 22.6 Å².